The summed E-state index contributed by atoms with van der Waals surface area (Å²) in [5, 5.41) is 4.17. The summed E-state index contributed by atoms with van der Waals surface area (Å²) in [4.78, 5) is 18.5. The van der Waals surface area contributed by atoms with E-state index in [0.29, 0.717) is 24.8 Å². The fraction of sp³-hybridized carbons (Fsp3) is 0.632. The molecule has 1 amide bonds. The molecule has 0 spiro atoms. The van der Waals surface area contributed by atoms with Gasteiger partial charge in [0, 0.05) is 19.0 Å². The Morgan fingerprint density at radius 2 is 2.04 bits per heavy atom. The summed E-state index contributed by atoms with van der Waals surface area (Å²) in [6, 6.07) is 0. The van der Waals surface area contributed by atoms with E-state index >= 15 is 0 Å². The second-order valence-corrected chi connectivity index (χ2v) is 7.72. The number of likely N-dealkylation sites (tertiary alicyclic amines) is 1. The van der Waals surface area contributed by atoms with Crippen LogP contribution in [0.15, 0.2) is 28.5 Å². The van der Waals surface area contributed by atoms with Gasteiger partial charge in [0.2, 0.25) is 5.89 Å². The second-order valence-electron chi connectivity index (χ2n) is 7.72. The molecular weight excluding hydrogens is 334 g/mol. The average Bonchev–Trinajstić information content (AvgIpc) is 3.10. The first-order chi connectivity index (χ1) is 12.4. The highest BCUT2D eigenvalue weighted by Crippen LogP contribution is 2.32. The molecule has 26 heavy (non-hydrogen) atoms. The van der Waals surface area contributed by atoms with Crippen LogP contribution in [0.3, 0.4) is 0 Å². The number of allylic oxidation sites excluding steroid dienone is 4. The van der Waals surface area contributed by atoms with Crippen LogP contribution in [0.25, 0.3) is 0 Å². The molecule has 3 rings (SSSR count). The van der Waals surface area contributed by atoms with Gasteiger partial charge in [-0.1, -0.05) is 17.3 Å². The molecule has 1 fully saturated rings. The molecular formula is C19H27N3O4. The van der Waals surface area contributed by atoms with E-state index in [1.807, 2.05) is 32.9 Å². The topological polar surface area (TPSA) is 77.7 Å². The molecule has 142 valence electrons. The van der Waals surface area contributed by atoms with Gasteiger partial charge >= 0.3 is 6.09 Å². The molecule has 1 atom stereocenters. The molecule has 0 radical (unpaired) electrons. The van der Waals surface area contributed by atoms with Crippen LogP contribution in [0.1, 0.15) is 63.6 Å². The van der Waals surface area contributed by atoms with Gasteiger partial charge in [0.05, 0.1) is 13.0 Å². The zero-order chi connectivity index (χ0) is 18.7. The minimum atomic E-state index is -0.476. The monoisotopic (exact) mass is 361 g/mol. The molecule has 2 heterocycles. The van der Waals surface area contributed by atoms with Crippen molar-refractivity contribution in [3.05, 3.63) is 35.7 Å². The first kappa shape index (κ1) is 18.5. The quantitative estimate of drug-likeness (QED) is 0.816. The maximum absolute atomic E-state index is 12.2. The number of methoxy groups -OCH3 is 1. The van der Waals surface area contributed by atoms with Gasteiger partial charge in [-0.25, -0.2) is 4.79 Å². The van der Waals surface area contributed by atoms with Crippen molar-refractivity contribution < 1.29 is 18.8 Å². The van der Waals surface area contributed by atoms with Crippen molar-refractivity contribution in [1.82, 2.24) is 15.0 Å². The molecule has 0 N–H and O–H groups in total. The second kappa shape index (κ2) is 7.51. The van der Waals surface area contributed by atoms with E-state index < -0.39 is 5.60 Å². The number of hydrogen-bond acceptors (Lipinski definition) is 6. The Hall–Kier alpha value is -2.31. The number of ether oxygens (including phenoxy) is 2. The van der Waals surface area contributed by atoms with E-state index in [-0.39, 0.29) is 17.9 Å². The summed E-state index contributed by atoms with van der Waals surface area (Å²) in [6.45, 7) is 6.89. The number of carbonyl (C=O) groups excluding carboxylic acids is 1. The van der Waals surface area contributed by atoms with Crippen LogP contribution in [0, 0.1) is 0 Å². The van der Waals surface area contributed by atoms with E-state index in [1.165, 1.54) is 0 Å². The summed E-state index contributed by atoms with van der Waals surface area (Å²) in [5.41, 5.74) is -0.476. The van der Waals surface area contributed by atoms with Gasteiger partial charge < -0.3 is 18.9 Å². The maximum atomic E-state index is 12.2. The van der Waals surface area contributed by atoms with Crippen molar-refractivity contribution in [2.75, 3.05) is 20.2 Å². The molecule has 1 unspecified atom stereocenters. The van der Waals surface area contributed by atoms with Crippen molar-refractivity contribution >= 4 is 6.09 Å². The Bertz CT molecular complexity index is 694. The van der Waals surface area contributed by atoms with Gasteiger partial charge in [0.15, 0.2) is 5.82 Å². The number of rotatable bonds is 3. The van der Waals surface area contributed by atoms with Crippen molar-refractivity contribution in [2.24, 2.45) is 0 Å². The first-order valence-electron chi connectivity index (χ1n) is 9.09. The molecule has 1 aromatic rings. The largest absolute Gasteiger partial charge is 0.500 e. The Morgan fingerprint density at radius 1 is 1.31 bits per heavy atom. The number of piperidine rings is 1. The van der Waals surface area contributed by atoms with Crippen molar-refractivity contribution in [2.45, 2.75) is 57.5 Å². The standard InChI is InChI=1S/C19H27N3O4/c1-19(2,3)25-18(23)22-11-9-13(10-12-22)17-20-16(21-26-17)14-7-5-6-8-15(14)24-4/h5-6,8,13-14H,7,9-12H2,1-4H3. The molecule has 1 saturated heterocycles. The minimum Gasteiger partial charge on any atom is -0.500 e. The van der Waals surface area contributed by atoms with Crippen molar-refractivity contribution in [1.29, 1.82) is 0 Å². The molecule has 7 nitrogen and oxygen atoms in total. The third kappa shape index (κ3) is 4.26. The molecule has 7 heteroatoms. The molecule has 0 saturated carbocycles. The predicted octanol–water partition coefficient (Wildman–Crippen LogP) is 3.76. The highest BCUT2D eigenvalue weighted by atomic mass is 16.6. The van der Waals surface area contributed by atoms with Crippen LogP contribution >= 0.6 is 0 Å². The van der Waals surface area contributed by atoms with E-state index in [9.17, 15) is 4.79 Å². The van der Waals surface area contributed by atoms with Gasteiger partial charge in [-0.05, 0) is 46.1 Å². The predicted molar refractivity (Wildman–Crippen MR) is 95.7 cm³/mol. The van der Waals surface area contributed by atoms with Gasteiger partial charge in [0.25, 0.3) is 0 Å². The first-order valence-corrected chi connectivity index (χ1v) is 9.09. The van der Waals surface area contributed by atoms with Crippen LogP contribution in [0.5, 0.6) is 0 Å². The smallest absolute Gasteiger partial charge is 0.410 e. The lowest BCUT2D eigenvalue weighted by atomic mass is 9.96. The molecule has 0 aromatic carbocycles. The van der Waals surface area contributed by atoms with E-state index in [1.54, 1.807) is 12.0 Å². The number of aromatic nitrogens is 2. The fourth-order valence-corrected chi connectivity index (χ4v) is 3.24. The zero-order valence-corrected chi connectivity index (χ0v) is 15.9. The molecule has 0 bridgehead atoms. The Balaban J connectivity index is 1.59. The number of hydrogen-bond donors (Lipinski definition) is 0. The highest BCUT2D eigenvalue weighted by molar-refractivity contribution is 5.68. The van der Waals surface area contributed by atoms with Gasteiger partial charge in [-0.15, -0.1) is 0 Å². The van der Waals surface area contributed by atoms with Crippen LogP contribution in [0.2, 0.25) is 0 Å². The third-order valence-electron chi connectivity index (χ3n) is 4.61. The van der Waals surface area contributed by atoms with E-state index in [2.05, 4.69) is 16.2 Å². The Kier molecular flexibility index (Phi) is 5.34. The normalized spacial score (nSPS) is 21.5. The SMILES string of the molecule is COC1=CC=CCC1c1noc(C2CCN(C(=O)OC(C)(C)C)CC2)n1. The van der Waals surface area contributed by atoms with Crippen LogP contribution in [0.4, 0.5) is 4.79 Å². The summed E-state index contributed by atoms with van der Waals surface area (Å²) < 4.78 is 16.4. The summed E-state index contributed by atoms with van der Waals surface area (Å²) in [7, 11) is 1.66. The molecule has 1 aromatic heterocycles. The number of amides is 1. The van der Waals surface area contributed by atoms with Gasteiger partial charge in [-0.3, -0.25) is 0 Å². The lowest BCUT2D eigenvalue weighted by Gasteiger charge is -2.32. The van der Waals surface area contributed by atoms with Crippen molar-refractivity contribution in [3.63, 3.8) is 0 Å². The Morgan fingerprint density at radius 3 is 2.69 bits per heavy atom. The van der Waals surface area contributed by atoms with Crippen LogP contribution < -0.4 is 0 Å². The summed E-state index contributed by atoms with van der Waals surface area (Å²) in [6.07, 6.45) is 8.10. The fourth-order valence-electron chi connectivity index (χ4n) is 3.24. The highest BCUT2D eigenvalue weighted by Gasteiger charge is 2.31. The van der Waals surface area contributed by atoms with Gasteiger partial charge in [0.1, 0.15) is 11.4 Å². The summed E-state index contributed by atoms with van der Waals surface area (Å²) in [5.74, 6) is 2.33. The van der Waals surface area contributed by atoms with Crippen LogP contribution in [-0.4, -0.2) is 46.9 Å². The lowest BCUT2D eigenvalue weighted by Crippen LogP contribution is -2.41. The Labute approximate surface area is 154 Å². The van der Waals surface area contributed by atoms with Gasteiger partial charge in [-0.2, -0.15) is 4.98 Å². The minimum absolute atomic E-state index is 0.00403. The molecule has 1 aliphatic carbocycles. The zero-order valence-electron chi connectivity index (χ0n) is 15.9. The van der Waals surface area contributed by atoms with Crippen molar-refractivity contribution in [3.8, 4) is 0 Å². The number of carbonyl (C=O) groups is 1. The molecule has 1 aliphatic heterocycles. The number of nitrogens with zero attached hydrogens (tertiary/aromatic N) is 3. The third-order valence-corrected chi connectivity index (χ3v) is 4.61. The molecule has 2 aliphatic rings. The van der Waals surface area contributed by atoms with E-state index in [0.717, 1.165) is 25.0 Å². The lowest BCUT2D eigenvalue weighted by molar-refractivity contribution is 0.0198. The van der Waals surface area contributed by atoms with Crippen LogP contribution in [-0.2, 0) is 9.47 Å². The maximum Gasteiger partial charge on any atom is 0.410 e. The van der Waals surface area contributed by atoms with E-state index in [4.69, 9.17) is 14.0 Å². The summed E-state index contributed by atoms with van der Waals surface area (Å²) >= 11 is 0. The average molecular weight is 361 g/mol.